The van der Waals surface area contributed by atoms with Crippen molar-refractivity contribution >= 4 is 45.7 Å². The first-order valence-corrected chi connectivity index (χ1v) is 21.0. The fourth-order valence-corrected chi connectivity index (χ4v) is 6.93. The van der Waals surface area contributed by atoms with Gasteiger partial charge in [-0.3, -0.25) is 19.6 Å². The van der Waals surface area contributed by atoms with Crippen LogP contribution in [-0.2, 0) is 6.67 Å². The Morgan fingerprint density at radius 3 is 1.49 bits per heavy atom. The number of hydrogen-bond donors (Lipinski definition) is 2. The zero-order valence-corrected chi connectivity index (χ0v) is 37.5. The van der Waals surface area contributed by atoms with E-state index < -0.39 is 0 Å². The van der Waals surface area contributed by atoms with Crippen LogP contribution in [0.2, 0.25) is 0 Å². The fraction of sp³-hybridized carbons (Fsp3) is 0.255. The molecule has 1 unspecified atom stereocenters. The van der Waals surface area contributed by atoms with Crippen LogP contribution in [0, 0.1) is 13.8 Å². The number of benzene rings is 4. The third kappa shape index (κ3) is 10.6. The van der Waals surface area contributed by atoms with Crippen LogP contribution in [0.25, 0.3) is 0 Å². The summed E-state index contributed by atoms with van der Waals surface area (Å²) < 4.78 is 4.00. The second-order valence-corrected chi connectivity index (χ2v) is 14.5. The predicted octanol–water partition coefficient (Wildman–Crippen LogP) is 10.1. The van der Waals surface area contributed by atoms with Gasteiger partial charge in [0.25, 0.3) is 0 Å². The minimum Gasteiger partial charge on any atom is -0.330 e. The third-order valence-corrected chi connectivity index (χ3v) is 10.3. The number of carbonyl (C=O) groups is 2. The second-order valence-electron chi connectivity index (χ2n) is 14.5. The van der Waals surface area contributed by atoms with Crippen LogP contribution >= 0.6 is 0 Å². The average molecular weight is 817 g/mol. The van der Waals surface area contributed by atoms with Crippen molar-refractivity contribution in [1.29, 1.82) is 0 Å². The number of anilines is 4. The zero-order chi connectivity index (χ0) is 44.2. The van der Waals surface area contributed by atoms with Gasteiger partial charge in [0.05, 0.1) is 45.3 Å². The lowest BCUT2D eigenvalue weighted by Gasteiger charge is -2.23. The van der Waals surface area contributed by atoms with Crippen molar-refractivity contribution < 1.29 is 18.7 Å². The molecule has 0 saturated carbocycles. The van der Waals surface area contributed by atoms with Crippen molar-refractivity contribution in [2.75, 3.05) is 34.7 Å². The second kappa shape index (κ2) is 20.8. The number of carbonyl (C=O) groups excluding carboxylic acids is 2. The van der Waals surface area contributed by atoms with E-state index in [1.54, 1.807) is 12.1 Å². The van der Waals surface area contributed by atoms with Gasteiger partial charge in [0.2, 0.25) is 12.8 Å². The Balaban J connectivity index is 0.00000171. The molecular weight excluding hydrogens is 757 g/mol. The summed E-state index contributed by atoms with van der Waals surface area (Å²) in [5.41, 5.74) is 10.9. The minimum atomic E-state index is -0.230. The zero-order valence-electron chi connectivity index (χ0n) is 37.5. The summed E-state index contributed by atoms with van der Waals surface area (Å²) in [5.74, 6) is -0.378. The first-order chi connectivity index (χ1) is 29.5. The van der Waals surface area contributed by atoms with Crippen LogP contribution in [-0.4, -0.2) is 37.1 Å². The summed E-state index contributed by atoms with van der Waals surface area (Å²) in [7, 11) is 3.88. The van der Waals surface area contributed by atoms with E-state index in [2.05, 4.69) is 73.0 Å². The maximum atomic E-state index is 14.4. The normalized spacial score (nSPS) is 12.4. The predicted molar refractivity (Wildman–Crippen MR) is 251 cm³/mol. The summed E-state index contributed by atoms with van der Waals surface area (Å²) >= 11 is 0. The highest BCUT2D eigenvalue weighted by molar-refractivity contribution is 6.31. The monoisotopic (exact) mass is 816 g/mol. The molecule has 0 amide bonds. The molecule has 7 rings (SSSR count). The third-order valence-electron chi connectivity index (χ3n) is 10.3. The highest BCUT2D eigenvalue weighted by atomic mass is 16.1. The van der Waals surface area contributed by atoms with E-state index in [1.165, 1.54) is 11.1 Å². The average Bonchev–Trinajstić information content (AvgIpc) is 3.29. The molecule has 61 heavy (non-hydrogen) atoms. The van der Waals surface area contributed by atoms with E-state index in [4.69, 9.17) is 10.2 Å². The van der Waals surface area contributed by atoms with Crippen molar-refractivity contribution in [3.05, 3.63) is 178 Å². The van der Waals surface area contributed by atoms with E-state index in [-0.39, 0.29) is 17.7 Å². The summed E-state index contributed by atoms with van der Waals surface area (Å²) in [6.45, 7) is 18.5. The lowest BCUT2D eigenvalue weighted by molar-refractivity contribution is -0.713. The fourth-order valence-electron chi connectivity index (χ4n) is 6.93. The van der Waals surface area contributed by atoms with E-state index in [0.29, 0.717) is 40.3 Å². The Hall–Kier alpha value is -6.94. The van der Waals surface area contributed by atoms with E-state index >= 15 is 0 Å². The molecule has 1 atom stereocenters. The molecule has 2 N–H and O–H groups in total. The van der Waals surface area contributed by atoms with E-state index in [0.717, 1.165) is 33.9 Å². The lowest BCUT2D eigenvalue weighted by atomic mass is 9.82. The van der Waals surface area contributed by atoms with Crippen molar-refractivity contribution in [2.24, 2.45) is 10.2 Å². The molecule has 2 aromatic heterocycles. The Morgan fingerprint density at radius 1 is 0.590 bits per heavy atom. The van der Waals surface area contributed by atoms with Crippen molar-refractivity contribution in [3.63, 3.8) is 0 Å². The summed E-state index contributed by atoms with van der Waals surface area (Å²) in [6, 6.07) is 35.4. The molecule has 1 aliphatic rings. The van der Waals surface area contributed by atoms with E-state index in [1.807, 2.05) is 155 Å². The molecule has 0 spiro atoms. The Labute approximate surface area is 361 Å². The van der Waals surface area contributed by atoms with Crippen molar-refractivity contribution in [1.82, 2.24) is 0 Å². The number of fused-ring (bicyclic) bond motifs is 2. The van der Waals surface area contributed by atoms with E-state index in [9.17, 15) is 9.59 Å². The van der Waals surface area contributed by atoms with Gasteiger partial charge in [-0.05, 0) is 64.1 Å². The smallest absolute Gasteiger partial charge is 0.228 e. The molecule has 0 bridgehead atoms. The highest BCUT2D eigenvalue weighted by Crippen LogP contribution is 2.36. The number of pyridine rings is 2. The van der Waals surface area contributed by atoms with Crippen molar-refractivity contribution in [2.45, 2.75) is 75.1 Å². The molecule has 0 aliphatic heterocycles. The largest absolute Gasteiger partial charge is 0.330 e. The minimum absolute atomic E-state index is 0.177. The molecule has 10 nitrogen and oxygen atoms in total. The molecule has 0 saturated heterocycles. The summed E-state index contributed by atoms with van der Waals surface area (Å²) in [4.78, 5) is 28.3. The molecule has 1 aliphatic carbocycles. The number of hydrazone groups is 2. The topological polar surface area (TPSA) is 97.2 Å². The van der Waals surface area contributed by atoms with Crippen LogP contribution in [0.15, 0.2) is 144 Å². The maximum absolute atomic E-state index is 14.4. The van der Waals surface area contributed by atoms with Gasteiger partial charge in [-0.1, -0.05) is 87.4 Å². The molecule has 10 heteroatoms. The molecule has 314 valence electrons. The highest BCUT2D eigenvalue weighted by Gasteiger charge is 2.34. The van der Waals surface area contributed by atoms with Gasteiger partial charge in [0, 0.05) is 67.5 Å². The number of hydrogen-bond acceptors (Lipinski definition) is 8. The first-order valence-electron chi connectivity index (χ1n) is 21.0. The summed E-state index contributed by atoms with van der Waals surface area (Å²) in [6.07, 6.45) is 7.68. The van der Waals surface area contributed by atoms with Crippen LogP contribution in [0.3, 0.4) is 0 Å². The number of nitrogens with one attached hydrogen (secondary N) is 2. The lowest BCUT2D eigenvalue weighted by Crippen LogP contribution is -2.42. The number of ketones is 2. The van der Waals surface area contributed by atoms with Crippen LogP contribution in [0.4, 0.5) is 22.7 Å². The maximum Gasteiger partial charge on any atom is 0.228 e. The first kappa shape index (κ1) is 45.1. The Morgan fingerprint density at radius 2 is 1.02 bits per heavy atom. The molecule has 0 fully saturated rings. The SMILES string of the molecule is C/C(=N\N(C)c1ccc(C)cc1)c1cc[n+](CNc2cccc3c2C(=O)c2c(NC(C)[n+]4ccc(/C(C)=N/N(C)c5ccc(C)cc5)cc4)cccc2C3=O)cc1.CC.CC. The quantitative estimate of drug-likeness (QED) is 0.0724. The Bertz CT molecular complexity index is 2490. The Kier molecular flexibility index (Phi) is 15.4. The number of aromatic nitrogens is 2. The standard InChI is InChI=1S/C47H47N8O2.2C2H6/c1-31-14-18-38(19-15-31)52(6)50-33(3)36-22-26-54(27-23-36)30-48-42-12-8-10-40-44(42)47(57)45-41(46(40)56)11-9-13-43(45)49-35(5)55-28-24-37(25-29-55)34(4)51-53(7)39-20-16-32(2)17-21-39;2*1-2/h8-29,35H,30H2,1-7H3,(H-,48,49,57);2*1-2H3/q+1;;/p+1. The number of rotatable bonds is 12. The van der Waals surface area contributed by atoms with Gasteiger partial charge in [0.15, 0.2) is 36.4 Å². The van der Waals surface area contributed by atoms with Crippen molar-refractivity contribution in [3.8, 4) is 0 Å². The van der Waals surface area contributed by atoms with Gasteiger partial charge in [0.1, 0.15) is 0 Å². The van der Waals surface area contributed by atoms with Crippen LogP contribution in [0.1, 0.15) is 109 Å². The molecule has 2 heterocycles. The number of aryl methyl sites for hydroxylation is 2. The molecular formula is C51H60N8O2+2. The van der Waals surface area contributed by atoms with Gasteiger partial charge >= 0.3 is 0 Å². The van der Waals surface area contributed by atoms with Gasteiger partial charge < -0.3 is 10.6 Å². The molecule has 0 radical (unpaired) electrons. The number of nitrogens with zero attached hydrogens (tertiary/aromatic N) is 6. The van der Waals surface area contributed by atoms with Gasteiger partial charge in [-0.15, -0.1) is 0 Å². The van der Waals surface area contributed by atoms with Crippen LogP contribution < -0.4 is 29.8 Å². The molecule has 4 aromatic carbocycles. The summed E-state index contributed by atoms with van der Waals surface area (Å²) in [5, 5.41) is 20.2. The van der Waals surface area contributed by atoms with Crippen LogP contribution in [0.5, 0.6) is 0 Å². The van der Waals surface area contributed by atoms with Gasteiger partial charge in [-0.2, -0.15) is 19.3 Å². The molecule has 6 aromatic rings. The van der Waals surface area contributed by atoms with Gasteiger partial charge in [-0.25, -0.2) is 0 Å².